The maximum Gasteiger partial charge on any atom is 0.163 e. The average Bonchev–Trinajstić information content (AvgIpc) is 2.46. The molecule has 1 aliphatic rings. The lowest BCUT2D eigenvalue weighted by Gasteiger charge is -2.30. The Morgan fingerprint density at radius 2 is 1.86 bits per heavy atom. The summed E-state index contributed by atoms with van der Waals surface area (Å²) in [6, 6.07) is 2.51. The average molecular weight is 319 g/mol. The van der Waals surface area contributed by atoms with E-state index < -0.39 is 0 Å². The van der Waals surface area contributed by atoms with Crippen molar-refractivity contribution in [2.24, 2.45) is 0 Å². The van der Waals surface area contributed by atoms with Gasteiger partial charge in [-0.1, -0.05) is 11.6 Å². The van der Waals surface area contributed by atoms with Gasteiger partial charge in [-0.25, -0.2) is 9.97 Å². The number of nitrogens with zero attached hydrogens (tertiary/aromatic N) is 3. The molecule has 5 heteroatoms. The quantitative estimate of drug-likeness (QED) is 0.916. The Morgan fingerprint density at radius 1 is 1.18 bits per heavy atom. The van der Waals surface area contributed by atoms with E-state index in [1.807, 2.05) is 13.8 Å². The molecule has 0 radical (unpaired) electrons. The van der Waals surface area contributed by atoms with Crippen LogP contribution in [0, 0.1) is 20.8 Å². The summed E-state index contributed by atoms with van der Waals surface area (Å²) >= 11 is 6.60. The Morgan fingerprint density at radius 3 is 2.55 bits per heavy atom. The molecule has 1 aliphatic heterocycles. The molecule has 4 nitrogen and oxygen atoms in total. The number of anilines is 1. The van der Waals surface area contributed by atoms with Crippen molar-refractivity contribution in [2.75, 3.05) is 25.5 Å². The standard InChI is InChI=1S/C17H23ClN4/c1-10-9-11(2)19-17-14(10)15(18)12(3)16(21-17)20-13-5-7-22(4)8-6-13/h9,13H,5-8H2,1-4H3,(H,19,20,21). The molecule has 3 rings (SSSR count). The van der Waals surface area contributed by atoms with Gasteiger partial charge in [0, 0.05) is 22.7 Å². The van der Waals surface area contributed by atoms with Gasteiger partial charge in [0.15, 0.2) is 5.65 Å². The van der Waals surface area contributed by atoms with Crippen molar-refractivity contribution < 1.29 is 0 Å². The van der Waals surface area contributed by atoms with E-state index in [2.05, 4.69) is 35.2 Å². The van der Waals surface area contributed by atoms with Crippen molar-refractivity contribution in [3.05, 3.63) is 27.9 Å². The molecule has 1 saturated heterocycles. The number of rotatable bonds is 2. The summed E-state index contributed by atoms with van der Waals surface area (Å²) in [5, 5.41) is 5.32. The largest absolute Gasteiger partial charge is 0.367 e. The van der Waals surface area contributed by atoms with E-state index in [1.165, 1.54) is 0 Å². The first kappa shape index (κ1) is 15.5. The molecule has 0 aliphatic carbocycles. The van der Waals surface area contributed by atoms with Crippen LogP contribution in [0.5, 0.6) is 0 Å². The smallest absolute Gasteiger partial charge is 0.163 e. The fourth-order valence-electron chi connectivity index (χ4n) is 3.14. The van der Waals surface area contributed by atoms with Gasteiger partial charge in [-0.2, -0.15) is 0 Å². The first-order valence-electron chi connectivity index (χ1n) is 7.85. The minimum absolute atomic E-state index is 0.460. The molecule has 0 amide bonds. The zero-order valence-electron chi connectivity index (χ0n) is 13.7. The summed E-state index contributed by atoms with van der Waals surface area (Å²) in [4.78, 5) is 11.7. The monoisotopic (exact) mass is 318 g/mol. The molecular formula is C17H23ClN4. The van der Waals surface area contributed by atoms with Gasteiger partial charge in [-0.05, 0) is 65.4 Å². The number of nitrogens with one attached hydrogen (secondary N) is 1. The highest BCUT2D eigenvalue weighted by Gasteiger charge is 2.19. The van der Waals surface area contributed by atoms with Crippen LogP contribution >= 0.6 is 11.6 Å². The number of aromatic nitrogens is 2. The molecule has 1 fully saturated rings. The van der Waals surface area contributed by atoms with Gasteiger partial charge in [-0.15, -0.1) is 0 Å². The molecule has 3 heterocycles. The molecule has 0 unspecified atom stereocenters. The predicted octanol–water partition coefficient (Wildman–Crippen LogP) is 3.71. The number of piperidine rings is 1. The van der Waals surface area contributed by atoms with Crippen molar-refractivity contribution in [1.29, 1.82) is 0 Å². The Balaban J connectivity index is 1.98. The van der Waals surface area contributed by atoms with Crippen LogP contribution < -0.4 is 5.32 Å². The van der Waals surface area contributed by atoms with Crippen molar-refractivity contribution in [1.82, 2.24) is 14.9 Å². The molecule has 0 aromatic carbocycles. The van der Waals surface area contributed by atoms with Gasteiger partial charge >= 0.3 is 0 Å². The lowest BCUT2D eigenvalue weighted by molar-refractivity contribution is 0.263. The maximum atomic E-state index is 6.60. The van der Waals surface area contributed by atoms with Crippen LogP contribution in [0.25, 0.3) is 11.0 Å². The second-order valence-corrected chi connectivity index (χ2v) is 6.78. The van der Waals surface area contributed by atoms with Gasteiger partial charge in [0.1, 0.15) is 5.82 Å². The van der Waals surface area contributed by atoms with Gasteiger partial charge in [0.05, 0.1) is 5.02 Å². The predicted molar refractivity (Wildman–Crippen MR) is 92.9 cm³/mol. The first-order valence-corrected chi connectivity index (χ1v) is 8.22. The third-order valence-electron chi connectivity index (χ3n) is 4.51. The molecular weight excluding hydrogens is 296 g/mol. The van der Waals surface area contributed by atoms with E-state index in [-0.39, 0.29) is 0 Å². The lowest BCUT2D eigenvalue weighted by atomic mass is 10.0. The summed E-state index contributed by atoms with van der Waals surface area (Å²) in [6.07, 6.45) is 2.26. The SMILES string of the molecule is Cc1cc(C)c2c(Cl)c(C)c(NC3CCN(C)CC3)nc2n1. The topological polar surface area (TPSA) is 41.0 Å². The van der Waals surface area contributed by atoms with E-state index in [0.29, 0.717) is 6.04 Å². The molecule has 0 bridgehead atoms. The number of fused-ring (bicyclic) bond motifs is 1. The Hall–Kier alpha value is -1.39. The van der Waals surface area contributed by atoms with Crippen LogP contribution in [0.4, 0.5) is 5.82 Å². The van der Waals surface area contributed by atoms with Crippen molar-refractivity contribution in [2.45, 2.75) is 39.7 Å². The van der Waals surface area contributed by atoms with Crippen LogP contribution in [0.3, 0.4) is 0 Å². The first-order chi connectivity index (χ1) is 10.5. The lowest BCUT2D eigenvalue weighted by Crippen LogP contribution is -2.37. The highest BCUT2D eigenvalue weighted by atomic mass is 35.5. The molecule has 0 atom stereocenters. The van der Waals surface area contributed by atoms with Crippen molar-refractivity contribution >= 4 is 28.5 Å². The molecule has 118 valence electrons. The molecule has 0 spiro atoms. The van der Waals surface area contributed by atoms with E-state index in [1.54, 1.807) is 0 Å². The Bertz CT molecular complexity index is 706. The molecule has 2 aromatic heterocycles. The van der Waals surface area contributed by atoms with Crippen LogP contribution in [0.15, 0.2) is 6.07 Å². The van der Waals surface area contributed by atoms with E-state index >= 15 is 0 Å². The second-order valence-electron chi connectivity index (χ2n) is 6.40. The van der Waals surface area contributed by atoms with Crippen molar-refractivity contribution in [3.8, 4) is 0 Å². The van der Waals surface area contributed by atoms with Gasteiger partial charge < -0.3 is 10.2 Å². The van der Waals surface area contributed by atoms with Gasteiger partial charge in [-0.3, -0.25) is 0 Å². The summed E-state index contributed by atoms with van der Waals surface area (Å²) < 4.78 is 0. The minimum atomic E-state index is 0.460. The number of hydrogen-bond donors (Lipinski definition) is 1. The van der Waals surface area contributed by atoms with Crippen molar-refractivity contribution in [3.63, 3.8) is 0 Å². The van der Waals surface area contributed by atoms with Gasteiger partial charge in [0.2, 0.25) is 0 Å². The fourth-order valence-corrected chi connectivity index (χ4v) is 3.46. The zero-order valence-corrected chi connectivity index (χ0v) is 14.5. The van der Waals surface area contributed by atoms with Crippen LogP contribution in [-0.4, -0.2) is 41.0 Å². The number of halogens is 1. The second kappa shape index (κ2) is 6.01. The van der Waals surface area contributed by atoms with Crippen LogP contribution in [0.1, 0.15) is 29.7 Å². The third-order valence-corrected chi connectivity index (χ3v) is 4.98. The summed E-state index contributed by atoms with van der Waals surface area (Å²) in [7, 11) is 2.17. The normalized spacial score (nSPS) is 17.1. The van der Waals surface area contributed by atoms with Crippen LogP contribution in [-0.2, 0) is 0 Å². The van der Waals surface area contributed by atoms with E-state index in [0.717, 1.165) is 64.6 Å². The highest BCUT2D eigenvalue weighted by molar-refractivity contribution is 6.36. The molecule has 22 heavy (non-hydrogen) atoms. The van der Waals surface area contributed by atoms with Crippen LogP contribution in [0.2, 0.25) is 5.02 Å². The number of likely N-dealkylation sites (tertiary alicyclic amines) is 1. The third kappa shape index (κ3) is 2.90. The molecule has 1 N–H and O–H groups in total. The molecule has 2 aromatic rings. The summed E-state index contributed by atoms with van der Waals surface area (Å²) in [5.74, 6) is 0.879. The number of aryl methyl sites for hydroxylation is 2. The zero-order chi connectivity index (χ0) is 15.9. The highest BCUT2D eigenvalue weighted by Crippen LogP contribution is 2.32. The minimum Gasteiger partial charge on any atom is -0.367 e. The summed E-state index contributed by atoms with van der Waals surface area (Å²) in [5.41, 5.74) is 3.86. The van der Waals surface area contributed by atoms with Gasteiger partial charge in [0.25, 0.3) is 0 Å². The fraction of sp³-hybridized carbons (Fsp3) is 0.529. The summed E-state index contributed by atoms with van der Waals surface area (Å²) in [6.45, 7) is 8.33. The van der Waals surface area contributed by atoms with E-state index in [9.17, 15) is 0 Å². The molecule has 0 saturated carbocycles. The number of hydrogen-bond acceptors (Lipinski definition) is 4. The Kier molecular flexibility index (Phi) is 4.24. The maximum absolute atomic E-state index is 6.60. The number of pyridine rings is 2. The van der Waals surface area contributed by atoms with E-state index in [4.69, 9.17) is 16.6 Å². The Labute approximate surface area is 136 Å².